The Kier molecular flexibility index (Phi) is 29.9. The summed E-state index contributed by atoms with van der Waals surface area (Å²) in [5.74, 6) is 1.21. The van der Waals surface area contributed by atoms with Crippen molar-refractivity contribution in [2.75, 3.05) is 50.3 Å². The molecule has 12 heteroatoms. The van der Waals surface area contributed by atoms with Gasteiger partial charge < -0.3 is 30.7 Å². The van der Waals surface area contributed by atoms with Crippen molar-refractivity contribution in [2.24, 2.45) is 0 Å². The number of carbonyl (C=O) groups is 3. The quantitative estimate of drug-likeness (QED) is 0.159. The predicted octanol–water partition coefficient (Wildman–Crippen LogP) is 15.2. The first-order chi connectivity index (χ1) is 32.4. The van der Waals surface area contributed by atoms with E-state index in [1.165, 1.54) is 0 Å². The van der Waals surface area contributed by atoms with Gasteiger partial charge >= 0.3 is 0 Å². The summed E-state index contributed by atoms with van der Waals surface area (Å²) in [5, 5.41) is 9.72. The molecule has 6 heterocycles. The van der Waals surface area contributed by atoms with E-state index in [-0.39, 0.29) is 25.1 Å². The molecule has 0 unspecified atom stereocenters. The predicted molar refractivity (Wildman–Crippen MR) is 289 cm³/mol. The van der Waals surface area contributed by atoms with Gasteiger partial charge in [0, 0.05) is 38.2 Å². The maximum atomic E-state index is 12.5. The summed E-state index contributed by atoms with van der Waals surface area (Å²) in [5.41, 5.74) is 8.06. The number of para-hydroxylation sites is 6. The van der Waals surface area contributed by atoms with Crippen molar-refractivity contribution in [3.8, 4) is 0 Å². The monoisotopic (exact) mass is 914 g/mol. The SMILES string of the molecule is C.CC.CC.CC.CC.CC.CC.CCN1C(=O)c2cccnc2Nc2ccccc21.CCN1C(=O)c2cccnc2Nc2ccccc21.CCN1C(=O)c2ccncc2Nc2ccccc21. The van der Waals surface area contributed by atoms with E-state index in [0.717, 1.165) is 39.8 Å². The van der Waals surface area contributed by atoms with Gasteiger partial charge in [0.1, 0.15) is 11.6 Å². The van der Waals surface area contributed by atoms with E-state index in [1.54, 1.807) is 69.8 Å². The molecule has 362 valence electrons. The second kappa shape index (κ2) is 33.4. The van der Waals surface area contributed by atoms with E-state index in [0.29, 0.717) is 48.0 Å². The highest BCUT2D eigenvalue weighted by Gasteiger charge is 2.28. The molecule has 67 heavy (non-hydrogen) atoms. The molecule has 3 N–H and O–H groups in total. The third-order valence-electron chi connectivity index (χ3n) is 9.17. The van der Waals surface area contributed by atoms with Crippen molar-refractivity contribution < 1.29 is 14.4 Å². The van der Waals surface area contributed by atoms with E-state index in [9.17, 15) is 14.4 Å². The molecule has 0 saturated carbocycles. The Labute approximate surface area is 403 Å². The Morgan fingerprint density at radius 1 is 0.388 bits per heavy atom. The van der Waals surface area contributed by atoms with Gasteiger partial charge in [-0.2, -0.15) is 0 Å². The fraction of sp³-hybridized carbons (Fsp3) is 0.345. The van der Waals surface area contributed by atoms with Gasteiger partial charge in [-0.1, -0.05) is 127 Å². The van der Waals surface area contributed by atoms with Crippen LogP contribution < -0.4 is 30.7 Å². The van der Waals surface area contributed by atoms with Crippen LogP contribution in [0.15, 0.2) is 128 Å². The molecule has 3 aliphatic heterocycles. The van der Waals surface area contributed by atoms with Gasteiger partial charge in [-0.25, -0.2) is 9.97 Å². The number of anilines is 9. The largest absolute Gasteiger partial charge is 0.352 e. The molecule has 0 spiro atoms. The standard InChI is InChI=1S/3C14H13N3O.6C2H6.CH4/c2*1-2-17-12-8-4-3-7-11(12)16-13-10(14(17)18)6-5-9-15-13;1-2-17-13-6-4-3-5-11(13)16-12-9-15-8-7-10(12)14(17)18;6*1-2;/h2*3-9H,2H2,1H3,(H,15,16);3-9,16H,2H2,1H3;6*1-2H3;1H4. The summed E-state index contributed by atoms with van der Waals surface area (Å²) in [6.07, 6.45) is 6.69. The number of carbonyl (C=O) groups excluding carboxylic acids is 3. The first-order valence-corrected chi connectivity index (χ1v) is 23.8. The van der Waals surface area contributed by atoms with E-state index in [4.69, 9.17) is 0 Å². The number of aromatic nitrogens is 3. The number of hydrogen-bond donors (Lipinski definition) is 3. The number of benzene rings is 3. The first kappa shape index (κ1) is 59.9. The van der Waals surface area contributed by atoms with E-state index in [2.05, 4.69) is 30.9 Å². The second-order valence-corrected chi connectivity index (χ2v) is 12.3. The van der Waals surface area contributed by atoms with Crippen molar-refractivity contribution in [3.05, 3.63) is 145 Å². The first-order valence-electron chi connectivity index (χ1n) is 23.8. The summed E-state index contributed by atoms with van der Waals surface area (Å²) in [4.78, 5) is 55.3. The Hall–Kier alpha value is -7.08. The highest BCUT2D eigenvalue weighted by Crippen LogP contribution is 2.36. The number of rotatable bonds is 3. The van der Waals surface area contributed by atoms with Crippen LogP contribution in [0, 0.1) is 0 Å². The molecular weight excluding hydrogens is 835 g/mol. The van der Waals surface area contributed by atoms with Gasteiger partial charge in [-0.05, 0) is 87.5 Å². The Balaban J connectivity index is 0.000000869. The molecule has 9 rings (SSSR count). The lowest BCUT2D eigenvalue weighted by molar-refractivity contribution is 0.0981. The summed E-state index contributed by atoms with van der Waals surface area (Å²) in [7, 11) is 0. The van der Waals surface area contributed by atoms with E-state index in [1.807, 2.05) is 177 Å². The fourth-order valence-corrected chi connectivity index (χ4v) is 6.59. The molecule has 0 fully saturated rings. The molecule has 3 aromatic heterocycles. The zero-order valence-electron chi connectivity index (χ0n) is 42.2. The van der Waals surface area contributed by atoms with Crippen LogP contribution in [0.5, 0.6) is 0 Å². The van der Waals surface area contributed by atoms with Gasteiger partial charge in [0.25, 0.3) is 17.7 Å². The average Bonchev–Trinajstić information content (AvgIpc) is 3.68. The van der Waals surface area contributed by atoms with Crippen LogP contribution in [0.3, 0.4) is 0 Å². The lowest BCUT2D eigenvalue weighted by Crippen LogP contribution is -2.29. The van der Waals surface area contributed by atoms with Gasteiger partial charge in [-0.15, -0.1) is 0 Å². The summed E-state index contributed by atoms with van der Waals surface area (Å²) >= 11 is 0. The van der Waals surface area contributed by atoms with Crippen molar-refractivity contribution >= 4 is 69.2 Å². The summed E-state index contributed by atoms with van der Waals surface area (Å²) in [6.45, 7) is 31.8. The fourth-order valence-electron chi connectivity index (χ4n) is 6.59. The lowest BCUT2D eigenvalue weighted by atomic mass is 10.2. The number of fused-ring (bicyclic) bond motifs is 6. The van der Waals surface area contributed by atoms with Crippen molar-refractivity contribution in [2.45, 2.75) is 111 Å². The third-order valence-corrected chi connectivity index (χ3v) is 9.17. The molecule has 3 aromatic carbocycles. The average molecular weight is 914 g/mol. The maximum Gasteiger partial charge on any atom is 0.262 e. The summed E-state index contributed by atoms with van der Waals surface area (Å²) < 4.78 is 0. The number of nitrogens with zero attached hydrogens (tertiary/aromatic N) is 6. The Morgan fingerprint density at radius 2 is 0.716 bits per heavy atom. The van der Waals surface area contributed by atoms with Crippen molar-refractivity contribution in [3.63, 3.8) is 0 Å². The Morgan fingerprint density at radius 3 is 1.07 bits per heavy atom. The van der Waals surface area contributed by atoms with Crippen LogP contribution in [-0.2, 0) is 0 Å². The number of nitrogens with one attached hydrogen (secondary N) is 3. The lowest BCUT2D eigenvalue weighted by Gasteiger charge is -2.20. The molecule has 0 atom stereocenters. The smallest absolute Gasteiger partial charge is 0.262 e. The second-order valence-electron chi connectivity index (χ2n) is 12.3. The van der Waals surface area contributed by atoms with Crippen LogP contribution in [0.2, 0.25) is 0 Å². The maximum absolute atomic E-state index is 12.5. The molecule has 6 aromatic rings. The van der Waals surface area contributed by atoms with Gasteiger partial charge in [-0.3, -0.25) is 19.4 Å². The summed E-state index contributed by atoms with van der Waals surface area (Å²) in [6, 6.07) is 32.2. The van der Waals surface area contributed by atoms with Crippen LogP contribution in [0.4, 0.5) is 51.4 Å². The highest BCUT2D eigenvalue weighted by molar-refractivity contribution is 6.14. The van der Waals surface area contributed by atoms with Crippen LogP contribution in [0.25, 0.3) is 0 Å². The normalized spacial score (nSPS) is 11.3. The van der Waals surface area contributed by atoms with Crippen molar-refractivity contribution in [1.29, 1.82) is 0 Å². The molecular formula is C55H79N9O3. The molecule has 0 bridgehead atoms. The third kappa shape index (κ3) is 15.0. The molecule has 12 nitrogen and oxygen atoms in total. The van der Waals surface area contributed by atoms with Crippen LogP contribution >= 0.6 is 0 Å². The number of hydrogen-bond acceptors (Lipinski definition) is 9. The molecule has 3 aliphatic rings. The van der Waals surface area contributed by atoms with E-state index >= 15 is 0 Å². The topological polar surface area (TPSA) is 136 Å². The minimum Gasteiger partial charge on any atom is -0.352 e. The minimum atomic E-state index is -0.0157. The molecule has 0 aliphatic carbocycles. The van der Waals surface area contributed by atoms with E-state index < -0.39 is 0 Å². The van der Waals surface area contributed by atoms with Gasteiger partial charge in [0.2, 0.25) is 0 Å². The zero-order chi connectivity index (χ0) is 49.6. The zero-order valence-corrected chi connectivity index (χ0v) is 42.2. The van der Waals surface area contributed by atoms with Crippen molar-refractivity contribution in [1.82, 2.24) is 15.0 Å². The molecule has 0 saturated heterocycles. The Bertz CT molecular complexity index is 2090. The van der Waals surface area contributed by atoms with Crippen LogP contribution in [0.1, 0.15) is 142 Å². The number of pyridine rings is 3. The number of amides is 3. The van der Waals surface area contributed by atoms with Crippen LogP contribution in [-0.4, -0.2) is 52.3 Å². The van der Waals surface area contributed by atoms with Gasteiger partial charge in [0.15, 0.2) is 0 Å². The minimum absolute atomic E-state index is 0. The molecule has 0 radical (unpaired) electrons. The van der Waals surface area contributed by atoms with Gasteiger partial charge in [0.05, 0.1) is 62.7 Å². The molecule has 3 amide bonds. The highest BCUT2D eigenvalue weighted by atomic mass is 16.2.